The van der Waals surface area contributed by atoms with Crippen LogP contribution in [0.3, 0.4) is 0 Å². The molecule has 0 aliphatic rings. The van der Waals surface area contributed by atoms with Crippen LogP contribution < -0.4 is 0 Å². The van der Waals surface area contributed by atoms with Crippen molar-refractivity contribution in [1.29, 1.82) is 0 Å². The van der Waals surface area contributed by atoms with Gasteiger partial charge in [-0.3, -0.25) is 0 Å². The zero-order valence-corrected chi connectivity index (χ0v) is 14.2. The molecule has 0 aliphatic carbocycles. The molecule has 0 spiro atoms. The molecular weight excluding hydrogens is 373 g/mol. The van der Waals surface area contributed by atoms with Gasteiger partial charge in [-0.05, 0) is 5.52 Å². The van der Waals surface area contributed by atoms with Crippen LogP contribution in [0.15, 0.2) is 72.8 Å². The number of nitrogens with zero attached hydrogens (tertiary/aromatic N) is 1. The van der Waals surface area contributed by atoms with Crippen molar-refractivity contribution in [2.45, 2.75) is 0 Å². The summed E-state index contributed by atoms with van der Waals surface area (Å²) >= 11 is 0. The molecule has 4 rings (SSSR count). The summed E-state index contributed by atoms with van der Waals surface area (Å²) in [6.07, 6.45) is 0. The van der Waals surface area contributed by atoms with Crippen molar-refractivity contribution < 1.29 is 20.4 Å². The smallest absolute Gasteiger partial charge is 0.400 e. The molecule has 23 heavy (non-hydrogen) atoms. The van der Waals surface area contributed by atoms with E-state index in [4.69, 9.17) is 0 Å². The van der Waals surface area contributed by atoms with Crippen molar-refractivity contribution in [3.63, 3.8) is 0 Å². The van der Waals surface area contributed by atoms with E-state index in [0.717, 1.165) is 16.6 Å². The average Bonchev–Trinajstić information content (AvgIpc) is 2.93. The summed E-state index contributed by atoms with van der Waals surface area (Å²) in [7, 11) is 2.10. The SMILES string of the molecule is Cn1c(-c2ccccc2-c2[c-]cccc2)[c-]c2ccccc21.[Pd+2]. The second-order valence-corrected chi connectivity index (χ2v) is 5.37. The summed E-state index contributed by atoms with van der Waals surface area (Å²) in [5.41, 5.74) is 5.78. The third kappa shape index (κ3) is 2.77. The van der Waals surface area contributed by atoms with Crippen molar-refractivity contribution in [2.75, 3.05) is 0 Å². The van der Waals surface area contributed by atoms with E-state index in [2.05, 4.69) is 78.3 Å². The maximum Gasteiger partial charge on any atom is 2.00 e. The Kier molecular flexibility index (Phi) is 4.48. The first-order valence-corrected chi connectivity index (χ1v) is 7.38. The van der Waals surface area contributed by atoms with Gasteiger partial charge in [0.15, 0.2) is 0 Å². The van der Waals surface area contributed by atoms with Crippen LogP contribution in [0.25, 0.3) is 33.3 Å². The van der Waals surface area contributed by atoms with Gasteiger partial charge in [-0.15, -0.1) is 77.2 Å². The first-order chi connectivity index (χ1) is 10.8. The normalized spacial score (nSPS) is 10.5. The number of hydrogen-bond acceptors (Lipinski definition) is 0. The van der Waals surface area contributed by atoms with Gasteiger partial charge in [0, 0.05) is 7.05 Å². The predicted octanol–water partition coefficient (Wildman–Crippen LogP) is 5.11. The van der Waals surface area contributed by atoms with E-state index in [1.807, 2.05) is 18.2 Å². The molecule has 0 bridgehead atoms. The number of benzene rings is 3. The molecule has 0 saturated heterocycles. The Morgan fingerprint density at radius 3 is 2.22 bits per heavy atom. The molecular formula is C21H15NPd. The van der Waals surface area contributed by atoms with Crippen molar-refractivity contribution in [2.24, 2.45) is 7.05 Å². The van der Waals surface area contributed by atoms with Gasteiger partial charge in [0.25, 0.3) is 0 Å². The molecule has 4 aromatic rings. The van der Waals surface area contributed by atoms with Crippen LogP contribution in [0.4, 0.5) is 0 Å². The van der Waals surface area contributed by atoms with Crippen LogP contribution in [0.5, 0.6) is 0 Å². The van der Waals surface area contributed by atoms with Crippen molar-refractivity contribution in [3.05, 3.63) is 84.9 Å². The number of fused-ring (bicyclic) bond motifs is 1. The van der Waals surface area contributed by atoms with Crippen LogP contribution in [0.2, 0.25) is 0 Å². The molecule has 114 valence electrons. The first kappa shape index (κ1) is 15.7. The molecule has 0 fully saturated rings. The van der Waals surface area contributed by atoms with Gasteiger partial charge < -0.3 is 4.57 Å². The monoisotopic (exact) mass is 387 g/mol. The molecule has 1 aromatic heterocycles. The van der Waals surface area contributed by atoms with Gasteiger partial charge in [0.2, 0.25) is 0 Å². The van der Waals surface area contributed by atoms with E-state index in [0.29, 0.717) is 0 Å². The Bertz CT molecular complexity index is 938. The number of hydrogen-bond donors (Lipinski definition) is 0. The molecule has 2 heteroatoms. The van der Waals surface area contributed by atoms with E-state index in [1.165, 1.54) is 16.6 Å². The van der Waals surface area contributed by atoms with Gasteiger partial charge in [0.1, 0.15) is 0 Å². The molecule has 1 heterocycles. The summed E-state index contributed by atoms with van der Waals surface area (Å²) in [6, 6.07) is 31.8. The Hall–Kier alpha value is -2.14. The van der Waals surface area contributed by atoms with Gasteiger partial charge in [-0.2, -0.15) is 5.56 Å². The fourth-order valence-electron chi connectivity index (χ4n) is 2.94. The fourth-order valence-corrected chi connectivity index (χ4v) is 2.94. The third-order valence-corrected chi connectivity index (χ3v) is 4.04. The number of aryl methyl sites for hydroxylation is 1. The second-order valence-electron chi connectivity index (χ2n) is 5.37. The molecule has 1 nitrogen and oxygen atoms in total. The summed E-state index contributed by atoms with van der Waals surface area (Å²) < 4.78 is 2.21. The zero-order chi connectivity index (χ0) is 14.9. The Morgan fingerprint density at radius 1 is 0.783 bits per heavy atom. The van der Waals surface area contributed by atoms with Gasteiger partial charge >= 0.3 is 20.4 Å². The van der Waals surface area contributed by atoms with Crippen LogP contribution in [0.1, 0.15) is 0 Å². The molecule has 0 radical (unpaired) electrons. The molecule has 0 amide bonds. The van der Waals surface area contributed by atoms with Crippen LogP contribution in [0, 0.1) is 12.1 Å². The summed E-state index contributed by atoms with van der Waals surface area (Å²) in [5.74, 6) is 0. The van der Waals surface area contributed by atoms with E-state index >= 15 is 0 Å². The molecule has 0 saturated carbocycles. The predicted molar refractivity (Wildman–Crippen MR) is 91.5 cm³/mol. The summed E-state index contributed by atoms with van der Waals surface area (Å²) in [4.78, 5) is 0. The average molecular weight is 388 g/mol. The first-order valence-electron chi connectivity index (χ1n) is 7.38. The molecule has 0 unspecified atom stereocenters. The molecule has 3 aromatic carbocycles. The largest absolute Gasteiger partial charge is 2.00 e. The van der Waals surface area contributed by atoms with Crippen molar-refractivity contribution in [3.8, 4) is 22.4 Å². The minimum atomic E-state index is 0. The van der Waals surface area contributed by atoms with Crippen molar-refractivity contribution in [1.82, 2.24) is 4.57 Å². The second kappa shape index (κ2) is 6.54. The van der Waals surface area contributed by atoms with E-state index < -0.39 is 0 Å². The summed E-state index contributed by atoms with van der Waals surface area (Å²) in [5, 5.41) is 1.15. The molecule has 0 aliphatic heterocycles. The van der Waals surface area contributed by atoms with Crippen LogP contribution >= 0.6 is 0 Å². The number of aromatic nitrogens is 1. The van der Waals surface area contributed by atoms with Gasteiger partial charge in [0.05, 0.1) is 0 Å². The van der Waals surface area contributed by atoms with E-state index in [1.54, 1.807) is 0 Å². The van der Waals surface area contributed by atoms with E-state index in [-0.39, 0.29) is 20.4 Å². The number of para-hydroxylation sites is 1. The van der Waals surface area contributed by atoms with Crippen molar-refractivity contribution >= 4 is 10.9 Å². The van der Waals surface area contributed by atoms with Gasteiger partial charge in [-0.1, -0.05) is 30.0 Å². The maximum atomic E-state index is 3.54. The minimum Gasteiger partial charge on any atom is -0.400 e. The van der Waals surface area contributed by atoms with Crippen LogP contribution in [-0.4, -0.2) is 4.57 Å². The Balaban J connectivity index is 0.00000156. The minimum absolute atomic E-state index is 0. The quantitative estimate of drug-likeness (QED) is 0.333. The standard InChI is InChI=1S/C21H15N.Pd/c1-22-20-14-8-5-11-17(20)15-21(22)19-13-7-6-12-18(19)16-9-3-2-4-10-16;/h2-9,11-14H,1H3;/q-2;+2. The Morgan fingerprint density at radius 2 is 1.48 bits per heavy atom. The van der Waals surface area contributed by atoms with Crippen LogP contribution in [-0.2, 0) is 27.5 Å². The topological polar surface area (TPSA) is 4.93 Å². The third-order valence-electron chi connectivity index (χ3n) is 4.04. The van der Waals surface area contributed by atoms with Gasteiger partial charge in [-0.25, -0.2) is 0 Å². The molecule has 0 N–H and O–H groups in total. The molecule has 0 atom stereocenters. The zero-order valence-electron chi connectivity index (χ0n) is 12.7. The fraction of sp³-hybridized carbons (Fsp3) is 0.0476. The maximum absolute atomic E-state index is 3.54. The number of rotatable bonds is 2. The Labute approximate surface area is 150 Å². The summed E-state index contributed by atoms with van der Waals surface area (Å²) in [6.45, 7) is 0. The van der Waals surface area contributed by atoms with E-state index in [9.17, 15) is 0 Å².